The first kappa shape index (κ1) is 15.3. The molecule has 1 atom stereocenters. The number of pyridine rings is 1. The van der Waals surface area contributed by atoms with Crippen molar-refractivity contribution in [1.29, 1.82) is 0 Å². The molecule has 0 saturated heterocycles. The minimum atomic E-state index is -0.900. The van der Waals surface area contributed by atoms with Crippen LogP contribution in [0, 0.1) is 5.92 Å². The Labute approximate surface area is 122 Å². The number of aromatic amines is 1. The lowest BCUT2D eigenvalue weighted by molar-refractivity contribution is -0.137. The van der Waals surface area contributed by atoms with E-state index in [0.717, 1.165) is 36.9 Å². The van der Waals surface area contributed by atoms with Gasteiger partial charge in [-0.05, 0) is 43.2 Å². The number of aromatic nitrogens is 1. The molecule has 21 heavy (non-hydrogen) atoms. The maximum Gasteiger partial charge on any atom is 0.303 e. The van der Waals surface area contributed by atoms with Crippen molar-refractivity contribution in [2.75, 3.05) is 6.54 Å². The van der Waals surface area contributed by atoms with E-state index in [2.05, 4.69) is 10.3 Å². The molecule has 2 rings (SSSR count). The molecule has 1 heterocycles. The quantitative estimate of drug-likeness (QED) is 0.756. The van der Waals surface area contributed by atoms with Crippen LogP contribution in [-0.2, 0) is 17.6 Å². The highest BCUT2D eigenvalue weighted by Crippen LogP contribution is 2.18. The van der Waals surface area contributed by atoms with E-state index in [-0.39, 0.29) is 30.0 Å². The molecular weight excluding hydrogens is 272 g/mol. The van der Waals surface area contributed by atoms with Gasteiger partial charge < -0.3 is 15.4 Å². The van der Waals surface area contributed by atoms with Gasteiger partial charge >= 0.3 is 5.97 Å². The highest BCUT2D eigenvalue weighted by atomic mass is 16.4. The summed E-state index contributed by atoms with van der Waals surface area (Å²) in [7, 11) is 0. The number of carboxylic acid groups (broad SMARTS) is 1. The largest absolute Gasteiger partial charge is 0.481 e. The Morgan fingerprint density at radius 1 is 1.38 bits per heavy atom. The molecule has 1 aromatic heterocycles. The second-order valence-corrected chi connectivity index (χ2v) is 5.64. The second kappa shape index (κ2) is 6.56. The number of carbonyl (C=O) groups excluding carboxylic acids is 1. The molecule has 1 aliphatic carbocycles. The molecule has 3 N–H and O–H groups in total. The van der Waals surface area contributed by atoms with Crippen molar-refractivity contribution >= 4 is 11.9 Å². The van der Waals surface area contributed by atoms with Crippen LogP contribution in [0.25, 0.3) is 0 Å². The zero-order chi connectivity index (χ0) is 15.4. The summed E-state index contributed by atoms with van der Waals surface area (Å²) in [6.07, 6.45) is 3.84. The number of fused-ring (bicyclic) bond motifs is 1. The van der Waals surface area contributed by atoms with Gasteiger partial charge in [-0.15, -0.1) is 0 Å². The number of rotatable bonds is 5. The predicted molar refractivity (Wildman–Crippen MR) is 77.5 cm³/mol. The average molecular weight is 292 g/mol. The summed E-state index contributed by atoms with van der Waals surface area (Å²) in [5.41, 5.74) is 1.70. The number of carboxylic acids is 1. The fourth-order valence-electron chi connectivity index (χ4n) is 2.58. The highest BCUT2D eigenvalue weighted by molar-refractivity contribution is 5.94. The van der Waals surface area contributed by atoms with Crippen molar-refractivity contribution in [2.45, 2.75) is 39.0 Å². The van der Waals surface area contributed by atoms with Gasteiger partial charge in [0, 0.05) is 18.7 Å². The SMILES string of the molecule is CC(CNC(=O)c1cc2c([nH]c1=O)CCCC2)CC(=O)O. The minimum Gasteiger partial charge on any atom is -0.481 e. The molecule has 0 bridgehead atoms. The summed E-state index contributed by atoms with van der Waals surface area (Å²) in [5, 5.41) is 11.3. The first-order chi connectivity index (χ1) is 9.97. The number of amides is 1. The van der Waals surface area contributed by atoms with Gasteiger partial charge in [-0.2, -0.15) is 0 Å². The molecule has 0 aliphatic heterocycles. The predicted octanol–water partition coefficient (Wildman–Crippen LogP) is 1.09. The first-order valence-electron chi connectivity index (χ1n) is 7.22. The fourth-order valence-corrected chi connectivity index (χ4v) is 2.58. The summed E-state index contributed by atoms with van der Waals surface area (Å²) in [4.78, 5) is 37.4. The van der Waals surface area contributed by atoms with Crippen molar-refractivity contribution in [1.82, 2.24) is 10.3 Å². The summed E-state index contributed by atoms with van der Waals surface area (Å²) >= 11 is 0. The number of hydrogen-bond acceptors (Lipinski definition) is 3. The summed E-state index contributed by atoms with van der Waals surface area (Å²) in [6, 6.07) is 1.67. The third-order valence-corrected chi connectivity index (χ3v) is 3.72. The standard InChI is InChI=1S/C15H20N2O4/c1-9(6-13(18)19)8-16-14(20)11-7-10-4-2-3-5-12(10)17-15(11)21/h7,9H,2-6,8H2,1H3,(H,16,20)(H,17,21)(H,18,19). The number of nitrogens with one attached hydrogen (secondary N) is 2. The van der Waals surface area contributed by atoms with E-state index in [4.69, 9.17) is 5.11 Å². The van der Waals surface area contributed by atoms with Gasteiger partial charge in [-0.25, -0.2) is 0 Å². The van der Waals surface area contributed by atoms with E-state index in [0.29, 0.717) is 0 Å². The Bertz CT molecular complexity index is 606. The molecule has 1 aromatic rings. The number of hydrogen-bond donors (Lipinski definition) is 3. The Morgan fingerprint density at radius 3 is 2.81 bits per heavy atom. The highest BCUT2D eigenvalue weighted by Gasteiger charge is 2.17. The lowest BCUT2D eigenvalue weighted by atomic mass is 9.95. The molecule has 0 fully saturated rings. The Kier molecular flexibility index (Phi) is 4.77. The van der Waals surface area contributed by atoms with Crippen LogP contribution in [0.4, 0.5) is 0 Å². The topological polar surface area (TPSA) is 99.3 Å². The van der Waals surface area contributed by atoms with E-state index >= 15 is 0 Å². The average Bonchev–Trinajstić information content (AvgIpc) is 2.43. The van der Waals surface area contributed by atoms with Crippen LogP contribution in [0.5, 0.6) is 0 Å². The van der Waals surface area contributed by atoms with Crippen LogP contribution in [0.2, 0.25) is 0 Å². The number of H-pyrrole nitrogens is 1. The van der Waals surface area contributed by atoms with Crippen LogP contribution < -0.4 is 10.9 Å². The Morgan fingerprint density at radius 2 is 2.10 bits per heavy atom. The molecule has 0 radical (unpaired) electrons. The van der Waals surface area contributed by atoms with Crippen molar-refractivity contribution in [2.24, 2.45) is 5.92 Å². The van der Waals surface area contributed by atoms with Gasteiger partial charge in [0.1, 0.15) is 5.56 Å². The van der Waals surface area contributed by atoms with Crippen LogP contribution in [0.1, 0.15) is 47.8 Å². The van der Waals surface area contributed by atoms with Crippen LogP contribution in [0.3, 0.4) is 0 Å². The lowest BCUT2D eigenvalue weighted by Crippen LogP contribution is -2.34. The number of aliphatic carboxylic acids is 1. The van der Waals surface area contributed by atoms with Crippen molar-refractivity contribution < 1.29 is 14.7 Å². The third-order valence-electron chi connectivity index (χ3n) is 3.72. The number of carbonyl (C=O) groups is 2. The van der Waals surface area contributed by atoms with E-state index in [1.165, 1.54) is 0 Å². The van der Waals surface area contributed by atoms with E-state index in [9.17, 15) is 14.4 Å². The van der Waals surface area contributed by atoms with Gasteiger partial charge in [-0.3, -0.25) is 14.4 Å². The van der Waals surface area contributed by atoms with E-state index < -0.39 is 11.9 Å². The Balaban J connectivity index is 2.05. The van der Waals surface area contributed by atoms with Crippen molar-refractivity contribution in [3.05, 3.63) is 33.2 Å². The van der Waals surface area contributed by atoms with Crippen LogP contribution in [0.15, 0.2) is 10.9 Å². The van der Waals surface area contributed by atoms with Gasteiger partial charge in [-0.1, -0.05) is 6.92 Å². The van der Waals surface area contributed by atoms with Gasteiger partial charge in [0.05, 0.1) is 0 Å². The molecule has 1 unspecified atom stereocenters. The minimum absolute atomic E-state index is 0.0131. The van der Waals surface area contributed by atoms with Crippen molar-refractivity contribution in [3.8, 4) is 0 Å². The zero-order valence-electron chi connectivity index (χ0n) is 12.1. The van der Waals surface area contributed by atoms with Gasteiger partial charge in [0.15, 0.2) is 0 Å². The molecular formula is C15H20N2O4. The monoisotopic (exact) mass is 292 g/mol. The van der Waals surface area contributed by atoms with Crippen LogP contribution in [-0.4, -0.2) is 28.5 Å². The Hall–Kier alpha value is -2.11. The maximum atomic E-state index is 12.1. The summed E-state index contributed by atoms with van der Waals surface area (Å²) in [6.45, 7) is 1.98. The molecule has 1 aliphatic rings. The van der Waals surface area contributed by atoms with E-state index in [1.807, 2.05) is 0 Å². The van der Waals surface area contributed by atoms with Gasteiger partial charge in [0.2, 0.25) is 0 Å². The molecule has 6 heteroatoms. The molecule has 114 valence electrons. The first-order valence-corrected chi connectivity index (χ1v) is 7.22. The van der Waals surface area contributed by atoms with Crippen molar-refractivity contribution in [3.63, 3.8) is 0 Å². The summed E-state index contributed by atoms with van der Waals surface area (Å²) in [5.74, 6) is -1.52. The smallest absolute Gasteiger partial charge is 0.303 e. The zero-order valence-corrected chi connectivity index (χ0v) is 12.1. The maximum absolute atomic E-state index is 12.1. The molecule has 0 saturated carbocycles. The number of aryl methyl sites for hydroxylation is 2. The van der Waals surface area contributed by atoms with E-state index in [1.54, 1.807) is 13.0 Å². The molecule has 0 aromatic carbocycles. The normalized spacial score (nSPS) is 15.1. The third kappa shape index (κ3) is 3.93. The molecule has 1 amide bonds. The molecule has 6 nitrogen and oxygen atoms in total. The van der Waals surface area contributed by atoms with Gasteiger partial charge in [0.25, 0.3) is 11.5 Å². The molecule has 0 spiro atoms. The summed E-state index contributed by atoms with van der Waals surface area (Å²) < 4.78 is 0. The lowest BCUT2D eigenvalue weighted by Gasteiger charge is -2.16. The second-order valence-electron chi connectivity index (χ2n) is 5.64. The van der Waals surface area contributed by atoms with Crippen LogP contribution >= 0.6 is 0 Å². The fraction of sp³-hybridized carbons (Fsp3) is 0.533.